The Hall–Kier alpha value is -1.63. The van der Waals surface area contributed by atoms with Gasteiger partial charge >= 0.3 is 0 Å². The molecule has 0 bridgehead atoms. The molecule has 0 aliphatic carbocycles. The summed E-state index contributed by atoms with van der Waals surface area (Å²) in [4.78, 5) is 17.2. The van der Waals surface area contributed by atoms with E-state index in [1.807, 2.05) is 11.8 Å². The van der Waals surface area contributed by atoms with Crippen LogP contribution in [0, 0.1) is 0 Å². The number of nitrogen functional groups attached to an aromatic ring is 1. The third kappa shape index (κ3) is 2.77. The summed E-state index contributed by atoms with van der Waals surface area (Å²) < 4.78 is 0. The highest BCUT2D eigenvalue weighted by atomic mass is 16.3. The van der Waals surface area contributed by atoms with E-state index in [-0.39, 0.29) is 5.95 Å². The monoisotopic (exact) mass is 278 g/mol. The van der Waals surface area contributed by atoms with E-state index in [0.29, 0.717) is 18.4 Å². The van der Waals surface area contributed by atoms with Crippen molar-refractivity contribution in [2.75, 3.05) is 41.7 Å². The molecule has 110 valence electrons. The van der Waals surface area contributed by atoms with E-state index in [2.05, 4.69) is 19.9 Å². The maximum atomic E-state index is 10.1. The van der Waals surface area contributed by atoms with Crippen LogP contribution in [0.15, 0.2) is 0 Å². The van der Waals surface area contributed by atoms with Crippen molar-refractivity contribution in [3.8, 4) is 0 Å². The van der Waals surface area contributed by atoms with Crippen LogP contribution in [0.5, 0.6) is 0 Å². The molecular weight excluding hydrogens is 256 g/mol. The summed E-state index contributed by atoms with van der Waals surface area (Å²) in [6.07, 6.45) is 4.31. The van der Waals surface area contributed by atoms with E-state index in [9.17, 15) is 5.11 Å². The van der Waals surface area contributed by atoms with E-state index in [4.69, 9.17) is 5.73 Å². The van der Waals surface area contributed by atoms with Crippen molar-refractivity contribution >= 4 is 17.8 Å². The van der Waals surface area contributed by atoms with Gasteiger partial charge in [-0.25, -0.2) is 0 Å². The lowest BCUT2D eigenvalue weighted by Gasteiger charge is -2.27. The summed E-state index contributed by atoms with van der Waals surface area (Å²) in [6, 6.07) is 0. The number of anilines is 3. The molecule has 0 radical (unpaired) electrons. The zero-order valence-electron chi connectivity index (χ0n) is 11.9. The summed E-state index contributed by atoms with van der Waals surface area (Å²) >= 11 is 0. The molecule has 20 heavy (non-hydrogen) atoms. The Kier molecular flexibility index (Phi) is 3.37. The highest BCUT2D eigenvalue weighted by Crippen LogP contribution is 2.26. The van der Waals surface area contributed by atoms with E-state index >= 15 is 0 Å². The van der Waals surface area contributed by atoms with E-state index < -0.39 is 5.60 Å². The van der Waals surface area contributed by atoms with Crippen LogP contribution < -0.4 is 15.5 Å². The van der Waals surface area contributed by atoms with Crippen molar-refractivity contribution in [3.63, 3.8) is 0 Å². The molecule has 3 rings (SSSR count). The molecule has 2 saturated heterocycles. The molecule has 1 aromatic rings. The van der Waals surface area contributed by atoms with Crippen molar-refractivity contribution < 1.29 is 5.11 Å². The number of aliphatic hydroxyl groups is 1. The van der Waals surface area contributed by atoms with Crippen molar-refractivity contribution in [2.45, 2.75) is 38.2 Å². The zero-order valence-corrected chi connectivity index (χ0v) is 11.9. The van der Waals surface area contributed by atoms with Crippen molar-refractivity contribution in [1.29, 1.82) is 0 Å². The minimum absolute atomic E-state index is 0.252. The van der Waals surface area contributed by atoms with Crippen molar-refractivity contribution in [2.24, 2.45) is 0 Å². The number of rotatable bonds is 2. The molecule has 1 atom stereocenters. The summed E-state index contributed by atoms with van der Waals surface area (Å²) in [5.41, 5.74) is 5.15. The highest BCUT2D eigenvalue weighted by Gasteiger charge is 2.33. The number of piperidine rings is 1. The molecule has 0 amide bonds. The van der Waals surface area contributed by atoms with Crippen LogP contribution in [0.4, 0.5) is 17.8 Å². The molecule has 3 heterocycles. The lowest BCUT2D eigenvalue weighted by Crippen LogP contribution is -2.33. The van der Waals surface area contributed by atoms with Gasteiger partial charge in [-0.1, -0.05) is 0 Å². The predicted octanol–water partition coefficient (Wildman–Crippen LogP) is 0.405. The third-order valence-electron chi connectivity index (χ3n) is 4.00. The van der Waals surface area contributed by atoms with Gasteiger partial charge in [0, 0.05) is 26.2 Å². The quantitative estimate of drug-likeness (QED) is 0.809. The van der Waals surface area contributed by atoms with Crippen LogP contribution in [0.1, 0.15) is 32.6 Å². The largest absolute Gasteiger partial charge is 0.388 e. The summed E-state index contributed by atoms with van der Waals surface area (Å²) in [6.45, 7) is 5.07. The molecule has 2 fully saturated rings. The average Bonchev–Trinajstić information content (AvgIpc) is 2.79. The Bertz CT molecular complexity index is 486. The first-order valence-electron chi connectivity index (χ1n) is 7.27. The Labute approximate surface area is 118 Å². The fourth-order valence-corrected chi connectivity index (χ4v) is 2.86. The van der Waals surface area contributed by atoms with Crippen molar-refractivity contribution in [3.05, 3.63) is 0 Å². The van der Waals surface area contributed by atoms with E-state index in [1.54, 1.807) is 0 Å². The van der Waals surface area contributed by atoms with Gasteiger partial charge in [0.05, 0.1) is 5.60 Å². The Morgan fingerprint density at radius 2 is 1.65 bits per heavy atom. The number of nitrogens with two attached hydrogens (primary N) is 1. The molecule has 0 saturated carbocycles. The second kappa shape index (κ2) is 5.05. The number of hydrogen-bond donors (Lipinski definition) is 2. The zero-order chi connectivity index (χ0) is 14.2. The first-order chi connectivity index (χ1) is 9.53. The number of nitrogens with zero attached hydrogens (tertiary/aromatic N) is 5. The average molecular weight is 278 g/mol. The van der Waals surface area contributed by atoms with Crippen LogP contribution in [0.25, 0.3) is 0 Å². The van der Waals surface area contributed by atoms with Gasteiger partial charge in [-0.15, -0.1) is 0 Å². The summed E-state index contributed by atoms with van der Waals surface area (Å²) in [5.74, 6) is 1.50. The molecule has 0 aromatic carbocycles. The number of hydrogen-bond acceptors (Lipinski definition) is 7. The smallest absolute Gasteiger partial charge is 0.232 e. The summed E-state index contributed by atoms with van der Waals surface area (Å²) in [7, 11) is 0. The molecule has 2 aliphatic heterocycles. The highest BCUT2D eigenvalue weighted by molar-refractivity contribution is 5.44. The fraction of sp³-hybridized carbons (Fsp3) is 0.769. The molecular formula is C13H22N6O. The Balaban J connectivity index is 1.83. The topological polar surface area (TPSA) is 91.4 Å². The Morgan fingerprint density at radius 1 is 1.00 bits per heavy atom. The maximum Gasteiger partial charge on any atom is 0.232 e. The van der Waals surface area contributed by atoms with Gasteiger partial charge in [-0.3, -0.25) is 0 Å². The van der Waals surface area contributed by atoms with E-state index in [0.717, 1.165) is 26.1 Å². The van der Waals surface area contributed by atoms with E-state index in [1.165, 1.54) is 19.3 Å². The SMILES string of the molecule is CC1(O)CCN(c2nc(N)nc(N3CCCCC3)n2)C1. The number of β-amino-alcohol motifs (C(OH)–C–C–N with tert-alkyl or cyclic N) is 1. The van der Waals surface area contributed by atoms with Gasteiger partial charge in [0.25, 0.3) is 0 Å². The van der Waals surface area contributed by atoms with Gasteiger partial charge < -0.3 is 20.6 Å². The van der Waals surface area contributed by atoms with Crippen LogP contribution in [0.3, 0.4) is 0 Å². The second-order valence-corrected chi connectivity index (χ2v) is 6.01. The standard InChI is InChI=1S/C13H22N6O/c1-13(20)5-8-19(9-13)12-16-10(14)15-11(17-12)18-6-3-2-4-7-18/h20H,2-9H2,1H3,(H2,14,15,16,17). The molecule has 7 nitrogen and oxygen atoms in total. The predicted molar refractivity (Wildman–Crippen MR) is 77.8 cm³/mol. The first-order valence-corrected chi connectivity index (χ1v) is 7.27. The summed E-state index contributed by atoms with van der Waals surface area (Å²) in [5, 5.41) is 10.1. The minimum atomic E-state index is -0.674. The van der Waals surface area contributed by atoms with Gasteiger partial charge in [0.15, 0.2) is 0 Å². The van der Waals surface area contributed by atoms with Crippen LogP contribution >= 0.6 is 0 Å². The molecule has 3 N–H and O–H groups in total. The van der Waals surface area contributed by atoms with Gasteiger partial charge in [-0.05, 0) is 32.6 Å². The maximum absolute atomic E-state index is 10.1. The first kappa shape index (κ1) is 13.4. The Morgan fingerprint density at radius 3 is 2.25 bits per heavy atom. The van der Waals surface area contributed by atoms with Gasteiger partial charge in [0.1, 0.15) is 0 Å². The molecule has 1 unspecified atom stereocenters. The van der Waals surface area contributed by atoms with Crippen LogP contribution in [0.2, 0.25) is 0 Å². The minimum Gasteiger partial charge on any atom is -0.388 e. The van der Waals surface area contributed by atoms with Crippen molar-refractivity contribution in [1.82, 2.24) is 15.0 Å². The molecule has 0 spiro atoms. The molecule has 7 heteroatoms. The normalized spacial score (nSPS) is 27.1. The lowest BCUT2D eigenvalue weighted by atomic mass is 10.1. The number of aromatic nitrogens is 3. The molecule has 2 aliphatic rings. The van der Waals surface area contributed by atoms with Crippen LogP contribution in [-0.4, -0.2) is 51.8 Å². The van der Waals surface area contributed by atoms with Crippen LogP contribution in [-0.2, 0) is 0 Å². The lowest BCUT2D eigenvalue weighted by molar-refractivity contribution is 0.0838. The third-order valence-corrected chi connectivity index (χ3v) is 4.00. The fourth-order valence-electron chi connectivity index (χ4n) is 2.86. The molecule has 1 aromatic heterocycles. The second-order valence-electron chi connectivity index (χ2n) is 6.01. The van der Waals surface area contributed by atoms with Gasteiger partial charge in [-0.2, -0.15) is 15.0 Å². The van der Waals surface area contributed by atoms with Gasteiger partial charge in [0.2, 0.25) is 17.8 Å².